The van der Waals surface area contributed by atoms with Crippen molar-refractivity contribution in [3.8, 4) is 12.3 Å². The maximum absolute atomic E-state index is 13.6. The Hall–Kier alpha value is -2.72. The van der Waals surface area contributed by atoms with Crippen LogP contribution >= 0.6 is 0 Å². The Balaban J connectivity index is 1.61. The second-order valence-corrected chi connectivity index (χ2v) is 7.03. The molecule has 2 aromatic rings. The van der Waals surface area contributed by atoms with Gasteiger partial charge in [-0.05, 0) is 23.3 Å². The van der Waals surface area contributed by atoms with Gasteiger partial charge in [-0.2, -0.15) is 0 Å². The van der Waals surface area contributed by atoms with E-state index in [1.807, 2.05) is 41.3 Å². The minimum atomic E-state index is -0.715. The number of benzene rings is 2. The number of hydrogen-bond acceptors (Lipinski definition) is 5. The lowest BCUT2D eigenvalue weighted by atomic mass is 10.0. The van der Waals surface area contributed by atoms with Crippen LogP contribution in [0.5, 0.6) is 0 Å². The van der Waals surface area contributed by atoms with Crippen LogP contribution in [-0.4, -0.2) is 54.2 Å². The van der Waals surface area contributed by atoms with Gasteiger partial charge in [-0.25, -0.2) is 4.39 Å². The predicted octanol–water partition coefficient (Wildman–Crippen LogP) is 2.83. The van der Waals surface area contributed by atoms with Crippen molar-refractivity contribution in [2.75, 3.05) is 26.3 Å². The van der Waals surface area contributed by atoms with E-state index < -0.39 is 6.10 Å². The van der Waals surface area contributed by atoms with Crippen molar-refractivity contribution in [1.82, 2.24) is 4.90 Å². The minimum Gasteiger partial charge on any atom is -0.390 e. The first-order valence-electron chi connectivity index (χ1n) is 9.58. The molecular weight excluding hydrogens is 371 g/mol. The third-order valence-corrected chi connectivity index (χ3v) is 4.56. The third-order valence-electron chi connectivity index (χ3n) is 4.56. The number of rotatable bonds is 10. The van der Waals surface area contributed by atoms with Crippen molar-refractivity contribution in [2.24, 2.45) is 5.16 Å². The molecule has 0 saturated carbocycles. The number of aliphatic hydroxyl groups excluding tert-OH is 1. The molecule has 0 fully saturated rings. The average Bonchev–Trinajstić information content (AvgIpc) is 3.17. The van der Waals surface area contributed by atoms with Crippen LogP contribution in [0, 0.1) is 18.2 Å². The van der Waals surface area contributed by atoms with Crippen LogP contribution in [0.15, 0.2) is 59.8 Å². The third kappa shape index (κ3) is 6.68. The summed E-state index contributed by atoms with van der Waals surface area (Å²) in [5.74, 6) is 2.09. The molecular formula is C23H25FN2O3. The molecule has 0 bridgehead atoms. The summed E-state index contributed by atoms with van der Waals surface area (Å²) < 4.78 is 18.8. The maximum Gasteiger partial charge on any atom is 0.145 e. The molecule has 0 radical (unpaired) electrons. The summed E-state index contributed by atoms with van der Waals surface area (Å²) in [5, 5.41) is 14.5. The molecule has 0 aromatic heterocycles. The lowest BCUT2D eigenvalue weighted by Gasteiger charge is -2.27. The van der Waals surface area contributed by atoms with Crippen LogP contribution in [0.2, 0.25) is 0 Å². The van der Waals surface area contributed by atoms with Crippen LogP contribution in [0.1, 0.15) is 17.5 Å². The first kappa shape index (κ1) is 21.0. The Morgan fingerprint density at radius 2 is 2.10 bits per heavy atom. The Morgan fingerprint density at radius 1 is 1.28 bits per heavy atom. The number of terminal acetylenes is 1. The fraction of sp³-hybridized carbons (Fsp3) is 0.348. The average molecular weight is 396 g/mol. The highest BCUT2D eigenvalue weighted by Gasteiger charge is 2.25. The van der Waals surface area contributed by atoms with Gasteiger partial charge in [0.15, 0.2) is 0 Å². The molecule has 0 spiro atoms. The number of oxime groups is 1. The summed E-state index contributed by atoms with van der Waals surface area (Å²) in [6, 6.07) is 16.3. The van der Waals surface area contributed by atoms with E-state index in [0.717, 1.165) is 16.8 Å². The molecule has 0 aliphatic carbocycles. The standard InChI is InChI=1S/C23H25FN2O3/c1-2-11-28-17-21(27)15-26(14-18-7-6-10-20(24)12-18)16-22-13-23(25-29-22)19-8-4-3-5-9-19/h1,3-10,12,21-22,27H,11,13-17H2/t21-,22+/m1/s1. The zero-order valence-corrected chi connectivity index (χ0v) is 16.2. The summed E-state index contributed by atoms with van der Waals surface area (Å²) in [6.45, 7) is 1.66. The van der Waals surface area contributed by atoms with Gasteiger partial charge in [0, 0.05) is 26.1 Å². The van der Waals surface area contributed by atoms with Crippen LogP contribution in [0.25, 0.3) is 0 Å². The van der Waals surface area contributed by atoms with Crippen molar-refractivity contribution < 1.29 is 19.1 Å². The van der Waals surface area contributed by atoms with Gasteiger partial charge < -0.3 is 14.7 Å². The molecule has 0 amide bonds. The van der Waals surface area contributed by atoms with E-state index in [2.05, 4.69) is 11.1 Å². The van der Waals surface area contributed by atoms with Crippen LogP contribution in [-0.2, 0) is 16.1 Å². The molecule has 0 saturated heterocycles. The second kappa shape index (κ2) is 10.7. The largest absolute Gasteiger partial charge is 0.390 e. The summed E-state index contributed by atoms with van der Waals surface area (Å²) in [6.07, 6.45) is 4.99. The molecule has 1 N–H and O–H groups in total. The van der Waals surface area contributed by atoms with Gasteiger partial charge in [0.2, 0.25) is 0 Å². The monoisotopic (exact) mass is 396 g/mol. The van der Waals surface area contributed by atoms with Gasteiger partial charge >= 0.3 is 0 Å². The summed E-state index contributed by atoms with van der Waals surface area (Å²) >= 11 is 0. The predicted molar refractivity (Wildman–Crippen MR) is 110 cm³/mol. The second-order valence-electron chi connectivity index (χ2n) is 7.03. The SMILES string of the molecule is C#CCOC[C@H](O)CN(Cc1cccc(F)c1)C[C@@H]1CC(c2ccccc2)=NO1. The molecule has 3 rings (SSSR count). The quantitative estimate of drug-likeness (QED) is 0.496. The fourth-order valence-electron chi connectivity index (χ4n) is 3.32. The van der Waals surface area contributed by atoms with Crippen molar-refractivity contribution in [3.05, 3.63) is 71.5 Å². The number of halogens is 1. The Kier molecular flexibility index (Phi) is 7.77. The Morgan fingerprint density at radius 3 is 2.86 bits per heavy atom. The van der Waals surface area contributed by atoms with E-state index >= 15 is 0 Å². The molecule has 152 valence electrons. The molecule has 0 unspecified atom stereocenters. The van der Waals surface area contributed by atoms with Crippen LogP contribution in [0.3, 0.4) is 0 Å². The highest BCUT2D eigenvalue weighted by Crippen LogP contribution is 2.19. The maximum atomic E-state index is 13.6. The van der Waals surface area contributed by atoms with E-state index in [0.29, 0.717) is 26.1 Å². The summed E-state index contributed by atoms with van der Waals surface area (Å²) in [4.78, 5) is 7.65. The number of nitrogens with zero attached hydrogens (tertiary/aromatic N) is 2. The Bertz CT molecular complexity index is 851. The van der Waals surface area contributed by atoms with Crippen molar-refractivity contribution in [2.45, 2.75) is 25.2 Å². The van der Waals surface area contributed by atoms with E-state index in [1.165, 1.54) is 12.1 Å². The zero-order valence-electron chi connectivity index (χ0n) is 16.2. The molecule has 6 heteroatoms. The number of hydrogen-bond donors (Lipinski definition) is 1. The lowest BCUT2D eigenvalue weighted by molar-refractivity contribution is 0.00417. The molecule has 1 heterocycles. The topological polar surface area (TPSA) is 54.3 Å². The fourth-order valence-corrected chi connectivity index (χ4v) is 3.32. The molecule has 2 aromatic carbocycles. The molecule has 1 aliphatic heterocycles. The van der Waals surface area contributed by atoms with Gasteiger partial charge in [-0.15, -0.1) is 6.42 Å². The van der Waals surface area contributed by atoms with Crippen molar-refractivity contribution >= 4 is 5.71 Å². The number of ether oxygens (including phenoxy) is 1. The summed E-state index contributed by atoms with van der Waals surface area (Å²) in [5.41, 5.74) is 2.76. The summed E-state index contributed by atoms with van der Waals surface area (Å²) in [7, 11) is 0. The molecule has 29 heavy (non-hydrogen) atoms. The smallest absolute Gasteiger partial charge is 0.145 e. The Labute approximate surface area is 170 Å². The lowest BCUT2D eigenvalue weighted by Crippen LogP contribution is -2.39. The molecule has 2 atom stereocenters. The molecule has 1 aliphatic rings. The van der Waals surface area contributed by atoms with E-state index in [4.69, 9.17) is 16.0 Å². The van der Waals surface area contributed by atoms with Gasteiger partial charge in [0.1, 0.15) is 18.5 Å². The highest BCUT2D eigenvalue weighted by molar-refractivity contribution is 6.01. The van der Waals surface area contributed by atoms with Crippen molar-refractivity contribution in [1.29, 1.82) is 0 Å². The van der Waals surface area contributed by atoms with Crippen molar-refractivity contribution in [3.63, 3.8) is 0 Å². The minimum absolute atomic E-state index is 0.140. The first-order chi connectivity index (χ1) is 14.1. The van der Waals surface area contributed by atoms with E-state index in [-0.39, 0.29) is 25.1 Å². The van der Waals surface area contributed by atoms with Crippen LogP contribution in [0.4, 0.5) is 4.39 Å². The van der Waals surface area contributed by atoms with Crippen LogP contribution < -0.4 is 0 Å². The highest BCUT2D eigenvalue weighted by atomic mass is 19.1. The van der Waals surface area contributed by atoms with Gasteiger partial charge in [-0.3, -0.25) is 4.90 Å². The van der Waals surface area contributed by atoms with Gasteiger partial charge in [-0.1, -0.05) is 53.5 Å². The normalized spacial score (nSPS) is 16.9. The van der Waals surface area contributed by atoms with Gasteiger partial charge in [0.05, 0.1) is 18.4 Å². The zero-order chi connectivity index (χ0) is 20.5. The number of aliphatic hydroxyl groups is 1. The molecule has 5 nitrogen and oxygen atoms in total. The first-order valence-corrected chi connectivity index (χ1v) is 9.58. The van der Waals surface area contributed by atoms with Gasteiger partial charge in [0.25, 0.3) is 0 Å². The van der Waals surface area contributed by atoms with E-state index in [9.17, 15) is 9.50 Å². The van der Waals surface area contributed by atoms with E-state index in [1.54, 1.807) is 6.07 Å².